The van der Waals surface area contributed by atoms with Crippen molar-refractivity contribution in [1.29, 1.82) is 0 Å². The highest BCUT2D eigenvalue weighted by Gasteiger charge is 2.40. The summed E-state index contributed by atoms with van der Waals surface area (Å²) in [7, 11) is 0. The number of nitrogens with two attached hydrogens (primary N) is 1. The van der Waals surface area contributed by atoms with Crippen LogP contribution in [-0.2, 0) is 11.3 Å². The van der Waals surface area contributed by atoms with Crippen LogP contribution in [0, 0.1) is 5.82 Å². The van der Waals surface area contributed by atoms with E-state index in [1.54, 1.807) is 6.07 Å². The van der Waals surface area contributed by atoms with Crippen molar-refractivity contribution in [3.63, 3.8) is 0 Å². The summed E-state index contributed by atoms with van der Waals surface area (Å²) < 4.78 is 13.3. The monoisotopic (exact) mass is 361 g/mol. The van der Waals surface area contributed by atoms with Gasteiger partial charge in [-0.05, 0) is 36.6 Å². The largest absolute Gasteiger partial charge is 0.371 e. The Morgan fingerprint density at radius 2 is 1.88 bits per heavy atom. The number of carbonyl (C=O) groups excluding carboxylic acids is 1. The Labute approximate surface area is 151 Å². The first kappa shape index (κ1) is 17.7. The lowest BCUT2D eigenvalue weighted by Crippen LogP contribution is -2.56. The first-order valence-electron chi connectivity index (χ1n) is 8.28. The van der Waals surface area contributed by atoms with Crippen LogP contribution in [-0.4, -0.2) is 29.4 Å². The van der Waals surface area contributed by atoms with E-state index in [4.69, 9.17) is 17.3 Å². The van der Waals surface area contributed by atoms with Crippen molar-refractivity contribution in [3.8, 4) is 0 Å². The average Bonchev–Trinajstić information content (AvgIpc) is 2.61. The molecule has 1 aliphatic rings. The number of piperidine rings is 1. The number of rotatable bonds is 5. The van der Waals surface area contributed by atoms with Crippen molar-refractivity contribution >= 4 is 23.2 Å². The van der Waals surface area contributed by atoms with Crippen molar-refractivity contribution < 1.29 is 9.18 Å². The van der Waals surface area contributed by atoms with E-state index in [0.29, 0.717) is 18.5 Å². The molecule has 0 unspecified atom stereocenters. The van der Waals surface area contributed by atoms with E-state index in [1.165, 1.54) is 17.7 Å². The van der Waals surface area contributed by atoms with E-state index < -0.39 is 17.3 Å². The van der Waals surface area contributed by atoms with Gasteiger partial charge in [0.15, 0.2) is 0 Å². The van der Waals surface area contributed by atoms with Crippen LogP contribution in [0.15, 0.2) is 48.5 Å². The number of benzene rings is 2. The molecule has 3 N–H and O–H groups in total. The predicted octanol–water partition coefficient (Wildman–Crippen LogP) is 3.41. The van der Waals surface area contributed by atoms with Crippen LogP contribution < -0.4 is 11.1 Å². The highest BCUT2D eigenvalue weighted by molar-refractivity contribution is 6.31. The van der Waals surface area contributed by atoms with E-state index in [9.17, 15) is 9.18 Å². The molecule has 3 rings (SSSR count). The van der Waals surface area contributed by atoms with E-state index >= 15 is 0 Å². The Balaban J connectivity index is 1.68. The standard InChI is InChI=1S/C19H21ClFN3O/c20-16-12-15(6-7-17(16)21)23-19(18(22)25)8-10-24(11-9-19)13-14-4-2-1-3-5-14/h1-7,12,23H,8-11,13H2,(H2,22,25). The van der Waals surface area contributed by atoms with Crippen LogP contribution in [0.25, 0.3) is 0 Å². The maximum atomic E-state index is 13.3. The zero-order valence-electron chi connectivity index (χ0n) is 13.8. The maximum Gasteiger partial charge on any atom is 0.243 e. The Kier molecular flexibility index (Phi) is 5.25. The zero-order valence-corrected chi connectivity index (χ0v) is 14.6. The topological polar surface area (TPSA) is 58.4 Å². The molecule has 1 saturated heterocycles. The molecular formula is C19H21ClFN3O. The number of hydrogen-bond donors (Lipinski definition) is 2. The average molecular weight is 362 g/mol. The number of halogens is 2. The van der Waals surface area contributed by atoms with Crippen LogP contribution in [0.4, 0.5) is 10.1 Å². The summed E-state index contributed by atoms with van der Waals surface area (Å²) in [5.74, 6) is -0.884. The number of hydrogen-bond acceptors (Lipinski definition) is 3. The Hall–Kier alpha value is -2.11. The molecule has 6 heteroatoms. The number of nitrogens with zero attached hydrogens (tertiary/aromatic N) is 1. The Morgan fingerprint density at radius 1 is 1.20 bits per heavy atom. The van der Waals surface area contributed by atoms with Gasteiger partial charge in [0.2, 0.25) is 5.91 Å². The summed E-state index contributed by atoms with van der Waals surface area (Å²) in [6.07, 6.45) is 1.17. The van der Waals surface area contributed by atoms with E-state index in [-0.39, 0.29) is 5.02 Å². The molecule has 0 saturated carbocycles. The second-order valence-electron chi connectivity index (χ2n) is 6.46. The molecular weight excluding hydrogens is 341 g/mol. The number of anilines is 1. The Bertz CT molecular complexity index is 746. The predicted molar refractivity (Wildman–Crippen MR) is 97.9 cm³/mol. The summed E-state index contributed by atoms with van der Waals surface area (Å²) in [6.45, 7) is 2.34. The maximum absolute atomic E-state index is 13.3. The minimum absolute atomic E-state index is 0.0196. The molecule has 0 aromatic heterocycles. The highest BCUT2D eigenvalue weighted by Crippen LogP contribution is 2.29. The van der Waals surface area contributed by atoms with Gasteiger partial charge < -0.3 is 11.1 Å². The third kappa shape index (κ3) is 4.11. The van der Waals surface area contributed by atoms with Crippen LogP contribution in [0.2, 0.25) is 5.02 Å². The molecule has 0 radical (unpaired) electrons. The SMILES string of the molecule is NC(=O)C1(Nc2ccc(F)c(Cl)c2)CCN(Cc2ccccc2)CC1. The molecule has 0 atom stereocenters. The van der Waals surface area contributed by atoms with Crippen LogP contribution >= 0.6 is 11.6 Å². The van der Waals surface area contributed by atoms with Gasteiger partial charge in [0.1, 0.15) is 11.4 Å². The minimum atomic E-state index is -0.839. The number of carbonyl (C=O) groups is 1. The van der Waals surface area contributed by atoms with Crippen LogP contribution in [0.5, 0.6) is 0 Å². The first-order valence-corrected chi connectivity index (χ1v) is 8.66. The quantitative estimate of drug-likeness (QED) is 0.858. The summed E-state index contributed by atoms with van der Waals surface area (Å²) in [5, 5.41) is 3.21. The van der Waals surface area contributed by atoms with Crippen molar-refractivity contribution in [3.05, 3.63) is 64.9 Å². The van der Waals surface area contributed by atoms with Gasteiger partial charge in [0.05, 0.1) is 5.02 Å². The van der Waals surface area contributed by atoms with Gasteiger partial charge in [0, 0.05) is 25.3 Å². The first-order chi connectivity index (χ1) is 12.0. The van der Waals surface area contributed by atoms with Crippen LogP contribution in [0.3, 0.4) is 0 Å². The smallest absolute Gasteiger partial charge is 0.243 e. The lowest BCUT2D eigenvalue weighted by molar-refractivity contribution is -0.123. The zero-order chi connectivity index (χ0) is 17.9. The van der Waals surface area contributed by atoms with Gasteiger partial charge in [0.25, 0.3) is 0 Å². The summed E-state index contributed by atoms with van der Waals surface area (Å²) in [5.41, 5.74) is 6.69. The molecule has 1 amide bonds. The van der Waals surface area contributed by atoms with Gasteiger partial charge in [-0.15, -0.1) is 0 Å². The van der Waals surface area contributed by atoms with Crippen molar-refractivity contribution in [2.24, 2.45) is 5.73 Å². The van der Waals surface area contributed by atoms with E-state index in [1.807, 2.05) is 18.2 Å². The lowest BCUT2D eigenvalue weighted by Gasteiger charge is -2.40. The summed E-state index contributed by atoms with van der Waals surface area (Å²) in [4.78, 5) is 14.4. The van der Waals surface area contributed by atoms with Crippen molar-refractivity contribution in [1.82, 2.24) is 4.90 Å². The van der Waals surface area contributed by atoms with Gasteiger partial charge in [-0.2, -0.15) is 0 Å². The molecule has 25 heavy (non-hydrogen) atoms. The molecule has 132 valence electrons. The molecule has 0 aliphatic carbocycles. The van der Waals surface area contributed by atoms with Gasteiger partial charge in [-0.25, -0.2) is 4.39 Å². The Morgan fingerprint density at radius 3 is 2.48 bits per heavy atom. The minimum Gasteiger partial charge on any atom is -0.371 e. The number of amides is 1. The van der Waals surface area contributed by atoms with Crippen molar-refractivity contribution in [2.45, 2.75) is 24.9 Å². The lowest BCUT2D eigenvalue weighted by atomic mass is 9.86. The second kappa shape index (κ2) is 7.42. The fourth-order valence-corrected chi connectivity index (χ4v) is 3.40. The molecule has 0 bridgehead atoms. The second-order valence-corrected chi connectivity index (χ2v) is 6.87. The third-order valence-corrected chi connectivity index (χ3v) is 5.02. The molecule has 1 heterocycles. The van der Waals surface area contributed by atoms with E-state index in [0.717, 1.165) is 19.6 Å². The van der Waals surface area contributed by atoms with Gasteiger partial charge in [-0.3, -0.25) is 9.69 Å². The third-order valence-electron chi connectivity index (χ3n) is 4.73. The molecule has 4 nitrogen and oxygen atoms in total. The molecule has 2 aromatic rings. The van der Waals surface area contributed by atoms with E-state index in [2.05, 4.69) is 22.3 Å². The molecule has 1 aliphatic heterocycles. The van der Waals surface area contributed by atoms with Gasteiger partial charge >= 0.3 is 0 Å². The fourth-order valence-electron chi connectivity index (χ4n) is 3.22. The summed E-state index contributed by atoms with van der Waals surface area (Å²) in [6, 6.07) is 14.6. The molecule has 0 spiro atoms. The van der Waals surface area contributed by atoms with Crippen molar-refractivity contribution in [2.75, 3.05) is 18.4 Å². The molecule has 2 aromatic carbocycles. The van der Waals surface area contributed by atoms with Gasteiger partial charge in [-0.1, -0.05) is 41.9 Å². The fraction of sp³-hybridized carbons (Fsp3) is 0.316. The summed E-state index contributed by atoms with van der Waals surface area (Å²) >= 11 is 5.83. The van der Waals surface area contributed by atoms with Crippen LogP contribution in [0.1, 0.15) is 18.4 Å². The highest BCUT2D eigenvalue weighted by atomic mass is 35.5. The number of likely N-dealkylation sites (tertiary alicyclic amines) is 1. The molecule has 1 fully saturated rings. The number of primary amides is 1. The number of nitrogens with one attached hydrogen (secondary N) is 1. The normalized spacial score (nSPS) is 17.2.